The fourth-order valence-corrected chi connectivity index (χ4v) is 1.78. The van der Waals surface area contributed by atoms with Crippen LogP contribution in [-0.2, 0) is 12.8 Å². The maximum Gasteiger partial charge on any atom is 0.227 e. The molecule has 0 aliphatic rings. The van der Waals surface area contributed by atoms with Gasteiger partial charge in [0.05, 0.1) is 6.20 Å². The molecule has 0 spiro atoms. The summed E-state index contributed by atoms with van der Waals surface area (Å²) < 4.78 is 17.9. The molecule has 0 bridgehead atoms. The van der Waals surface area contributed by atoms with Gasteiger partial charge < -0.3 is 4.52 Å². The molecule has 0 saturated carbocycles. The van der Waals surface area contributed by atoms with Gasteiger partial charge in [0.2, 0.25) is 11.7 Å². The molecule has 20 heavy (non-hydrogen) atoms. The van der Waals surface area contributed by atoms with Crippen molar-refractivity contribution in [3.63, 3.8) is 0 Å². The molecule has 0 radical (unpaired) electrons. The fourth-order valence-electron chi connectivity index (χ4n) is 1.78. The summed E-state index contributed by atoms with van der Waals surface area (Å²) in [6.07, 6.45) is 6.04. The number of hydrogen-bond donors (Lipinski definition) is 0. The number of nitrogens with zero attached hydrogens (tertiary/aromatic N) is 4. The van der Waals surface area contributed by atoms with E-state index in [2.05, 4.69) is 20.1 Å². The van der Waals surface area contributed by atoms with E-state index in [9.17, 15) is 4.39 Å². The smallest absolute Gasteiger partial charge is 0.227 e. The van der Waals surface area contributed by atoms with Crippen molar-refractivity contribution in [1.82, 2.24) is 20.1 Å². The molecule has 0 saturated heterocycles. The Balaban J connectivity index is 1.67. The highest BCUT2D eigenvalue weighted by molar-refractivity contribution is 5.45. The molecular formula is C14H11FN4O. The second-order valence-corrected chi connectivity index (χ2v) is 4.23. The maximum absolute atomic E-state index is 12.8. The zero-order chi connectivity index (χ0) is 13.8. The number of rotatable bonds is 4. The monoisotopic (exact) mass is 270 g/mol. The van der Waals surface area contributed by atoms with E-state index in [1.165, 1.54) is 12.1 Å². The second kappa shape index (κ2) is 5.56. The van der Waals surface area contributed by atoms with Crippen LogP contribution < -0.4 is 0 Å². The Bertz CT molecular complexity index is 682. The highest BCUT2D eigenvalue weighted by Gasteiger charge is 2.09. The molecule has 6 heteroatoms. The Labute approximate surface area is 114 Å². The van der Waals surface area contributed by atoms with Gasteiger partial charge in [-0.05, 0) is 24.1 Å². The van der Waals surface area contributed by atoms with Gasteiger partial charge in [-0.2, -0.15) is 4.98 Å². The summed E-state index contributed by atoms with van der Waals surface area (Å²) in [5.74, 6) is 0.707. The van der Waals surface area contributed by atoms with Gasteiger partial charge in [-0.15, -0.1) is 0 Å². The van der Waals surface area contributed by atoms with Crippen LogP contribution in [0.15, 0.2) is 47.4 Å². The molecule has 0 atom stereocenters. The van der Waals surface area contributed by atoms with Gasteiger partial charge in [0.15, 0.2) is 0 Å². The molecule has 100 valence electrons. The number of aryl methyl sites for hydroxylation is 2. The average Bonchev–Trinajstić information content (AvgIpc) is 2.97. The van der Waals surface area contributed by atoms with E-state index in [-0.39, 0.29) is 5.82 Å². The number of benzene rings is 1. The molecule has 2 aromatic heterocycles. The lowest BCUT2D eigenvalue weighted by atomic mass is 10.1. The summed E-state index contributed by atoms with van der Waals surface area (Å²) in [6.45, 7) is 0. The standard InChI is InChI=1S/C14H11FN4O/c15-11-4-1-10(2-5-11)3-6-13-18-14(19-20-13)12-9-16-7-8-17-12/h1-2,4-5,7-9H,3,6H2. The predicted molar refractivity (Wildman–Crippen MR) is 69.1 cm³/mol. The van der Waals surface area contributed by atoms with E-state index in [4.69, 9.17) is 4.52 Å². The van der Waals surface area contributed by atoms with Crippen LogP contribution in [0.5, 0.6) is 0 Å². The van der Waals surface area contributed by atoms with Crippen LogP contribution in [0.25, 0.3) is 11.5 Å². The normalized spacial score (nSPS) is 10.7. The van der Waals surface area contributed by atoms with Gasteiger partial charge >= 0.3 is 0 Å². The first-order valence-electron chi connectivity index (χ1n) is 6.15. The van der Waals surface area contributed by atoms with Gasteiger partial charge in [-0.1, -0.05) is 17.3 Å². The van der Waals surface area contributed by atoms with Crippen LogP contribution >= 0.6 is 0 Å². The highest BCUT2D eigenvalue weighted by Crippen LogP contribution is 2.12. The van der Waals surface area contributed by atoms with Crippen LogP contribution in [0, 0.1) is 5.82 Å². The minimum atomic E-state index is -0.239. The van der Waals surface area contributed by atoms with E-state index in [0.717, 1.165) is 5.56 Å². The topological polar surface area (TPSA) is 64.7 Å². The third-order valence-corrected chi connectivity index (χ3v) is 2.80. The minimum absolute atomic E-state index is 0.239. The van der Waals surface area contributed by atoms with Gasteiger partial charge in [0.25, 0.3) is 0 Å². The van der Waals surface area contributed by atoms with E-state index in [0.29, 0.717) is 30.3 Å². The maximum atomic E-state index is 12.8. The van der Waals surface area contributed by atoms with E-state index in [1.807, 2.05) is 0 Å². The molecule has 0 amide bonds. The van der Waals surface area contributed by atoms with Crippen LogP contribution in [-0.4, -0.2) is 20.1 Å². The summed E-state index contributed by atoms with van der Waals surface area (Å²) in [5, 5.41) is 3.86. The molecule has 2 heterocycles. The van der Waals surface area contributed by atoms with Crippen molar-refractivity contribution in [2.45, 2.75) is 12.8 Å². The first kappa shape index (κ1) is 12.4. The lowest BCUT2D eigenvalue weighted by Crippen LogP contribution is -1.92. The number of hydrogen-bond acceptors (Lipinski definition) is 5. The van der Waals surface area contributed by atoms with E-state index in [1.54, 1.807) is 30.7 Å². The van der Waals surface area contributed by atoms with Gasteiger partial charge in [0, 0.05) is 18.8 Å². The molecule has 1 aromatic carbocycles. The van der Waals surface area contributed by atoms with E-state index < -0.39 is 0 Å². The predicted octanol–water partition coefficient (Wildman–Crippen LogP) is 2.45. The zero-order valence-corrected chi connectivity index (χ0v) is 10.5. The van der Waals surface area contributed by atoms with Crippen LogP contribution in [0.2, 0.25) is 0 Å². The molecular weight excluding hydrogens is 259 g/mol. The second-order valence-electron chi connectivity index (χ2n) is 4.23. The third-order valence-electron chi connectivity index (χ3n) is 2.80. The van der Waals surface area contributed by atoms with Crippen LogP contribution in [0.4, 0.5) is 4.39 Å². The van der Waals surface area contributed by atoms with Crippen molar-refractivity contribution < 1.29 is 8.91 Å². The minimum Gasteiger partial charge on any atom is -0.339 e. The van der Waals surface area contributed by atoms with Gasteiger partial charge in [-0.25, -0.2) is 9.37 Å². The highest BCUT2D eigenvalue weighted by atomic mass is 19.1. The summed E-state index contributed by atoms with van der Waals surface area (Å²) in [4.78, 5) is 12.3. The molecule has 3 aromatic rings. The third kappa shape index (κ3) is 2.85. The summed E-state index contributed by atoms with van der Waals surface area (Å²) in [6, 6.07) is 6.37. The van der Waals surface area contributed by atoms with Crippen molar-refractivity contribution in [2.75, 3.05) is 0 Å². The molecule has 3 rings (SSSR count). The van der Waals surface area contributed by atoms with Crippen molar-refractivity contribution in [1.29, 1.82) is 0 Å². The van der Waals surface area contributed by atoms with Gasteiger partial charge in [0.1, 0.15) is 11.5 Å². The Morgan fingerprint density at radius 3 is 2.65 bits per heavy atom. The Kier molecular flexibility index (Phi) is 3.45. The quantitative estimate of drug-likeness (QED) is 0.728. The first-order chi connectivity index (χ1) is 9.81. The van der Waals surface area contributed by atoms with Crippen molar-refractivity contribution in [3.8, 4) is 11.5 Å². The molecule has 0 fully saturated rings. The summed E-state index contributed by atoms with van der Waals surface area (Å²) in [7, 11) is 0. The van der Waals surface area contributed by atoms with E-state index >= 15 is 0 Å². The molecule has 0 unspecified atom stereocenters. The Morgan fingerprint density at radius 1 is 1.05 bits per heavy atom. The molecule has 5 nitrogen and oxygen atoms in total. The molecule has 0 aliphatic carbocycles. The van der Waals surface area contributed by atoms with Crippen molar-refractivity contribution >= 4 is 0 Å². The molecule has 0 N–H and O–H groups in total. The number of aromatic nitrogens is 4. The lowest BCUT2D eigenvalue weighted by Gasteiger charge is -1.97. The molecule has 0 aliphatic heterocycles. The summed E-state index contributed by atoms with van der Waals surface area (Å²) in [5.41, 5.74) is 1.59. The lowest BCUT2D eigenvalue weighted by molar-refractivity contribution is 0.378. The Hall–Kier alpha value is -2.63. The van der Waals surface area contributed by atoms with Crippen LogP contribution in [0.3, 0.4) is 0 Å². The van der Waals surface area contributed by atoms with Gasteiger partial charge in [-0.3, -0.25) is 4.98 Å². The zero-order valence-electron chi connectivity index (χ0n) is 10.5. The number of halogens is 1. The van der Waals surface area contributed by atoms with Crippen molar-refractivity contribution in [2.24, 2.45) is 0 Å². The first-order valence-corrected chi connectivity index (χ1v) is 6.15. The Morgan fingerprint density at radius 2 is 1.90 bits per heavy atom. The van der Waals surface area contributed by atoms with Crippen molar-refractivity contribution in [3.05, 3.63) is 60.1 Å². The average molecular weight is 270 g/mol. The van der Waals surface area contributed by atoms with Crippen LogP contribution in [0.1, 0.15) is 11.5 Å². The largest absolute Gasteiger partial charge is 0.339 e. The fraction of sp³-hybridized carbons (Fsp3) is 0.143. The summed E-state index contributed by atoms with van der Waals surface area (Å²) >= 11 is 0. The SMILES string of the molecule is Fc1ccc(CCc2nc(-c3cnccn3)no2)cc1.